The Morgan fingerprint density at radius 3 is 2.00 bits per heavy atom. The summed E-state index contributed by atoms with van der Waals surface area (Å²) in [5, 5.41) is 0. The molecule has 1 saturated heterocycles. The second-order valence-corrected chi connectivity index (χ2v) is 4.94. The van der Waals surface area contributed by atoms with Gasteiger partial charge in [0.05, 0.1) is 0 Å². The number of benzene rings is 1. The zero-order chi connectivity index (χ0) is 15.0. The predicted molar refractivity (Wildman–Crippen MR) is 60.5 cm³/mol. The molecule has 1 aliphatic rings. The highest BCUT2D eigenvalue weighted by Gasteiger charge is 2.33. The van der Waals surface area contributed by atoms with E-state index in [0.29, 0.717) is 6.42 Å². The highest BCUT2D eigenvalue weighted by atomic mass is 19.2. The van der Waals surface area contributed by atoms with Gasteiger partial charge in [-0.05, 0) is 18.8 Å². The van der Waals surface area contributed by atoms with Gasteiger partial charge in [-0.2, -0.15) is 0 Å². The predicted octanol–water partition coefficient (Wildman–Crippen LogP) is 3.25. The molecule has 0 spiro atoms. The molecule has 2 nitrogen and oxygen atoms in total. The lowest BCUT2D eigenvalue weighted by Crippen LogP contribution is -2.40. The number of hydrogen-bond donors (Lipinski definition) is 0. The van der Waals surface area contributed by atoms with Gasteiger partial charge >= 0.3 is 0 Å². The van der Waals surface area contributed by atoms with Crippen LogP contribution in [0.3, 0.4) is 0 Å². The first kappa shape index (κ1) is 14.7. The van der Waals surface area contributed by atoms with Gasteiger partial charge in [-0.15, -0.1) is 0 Å². The van der Waals surface area contributed by atoms with Gasteiger partial charge in [-0.25, -0.2) is 22.0 Å². The molecular formula is C13H12F5NO. The van der Waals surface area contributed by atoms with Gasteiger partial charge in [-0.1, -0.05) is 6.92 Å². The third kappa shape index (κ3) is 2.36. The largest absolute Gasteiger partial charge is 0.338 e. The smallest absolute Gasteiger partial charge is 0.260 e. The van der Waals surface area contributed by atoms with E-state index in [4.69, 9.17) is 0 Å². The van der Waals surface area contributed by atoms with Crippen molar-refractivity contribution in [3.8, 4) is 0 Å². The summed E-state index contributed by atoms with van der Waals surface area (Å²) in [4.78, 5) is 13.1. The first-order valence-electron chi connectivity index (χ1n) is 6.15. The Balaban J connectivity index is 2.44. The summed E-state index contributed by atoms with van der Waals surface area (Å²) in [5.74, 6) is -11.7. The Labute approximate surface area is 112 Å². The van der Waals surface area contributed by atoms with E-state index >= 15 is 0 Å². The molecule has 0 aliphatic carbocycles. The van der Waals surface area contributed by atoms with Crippen molar-refractivity contribution in [2.75, 3.05) is 13.1 Å². The number of piperidine rings is 1. The lowest BCUT2D eigenvalue weighted by molar-refractivity contribution is 0.0669. The van der Waals surface area contributed by atoms with Crippen LogP contribution < -0.4 is 0 Å². The molecule has 1 heterocycles. The zero-order valence-corrected chi connectivity index (χ0v) is 10.7. The second-order valence-electron chi connectivity index (χ2n) is 4.94. The Hall–Kier alpha value is -1.66. The van der Waals surface area contributed by atoms with E-state index in [-0.39, 0.29) is 19.0 Å². The van der Waals surface area contributed by atoms with Crippen LogP contribution in [0.4, 0.5) is 22.0 Å². The van der Waals surface area contributed by atoms with Crippen LogP contribution in [0.1, 0.15) is 30.1 Å². The van der Waals surface area contributed by atoms with E-state index in [1.165, 1.54) is 0 Å². The number of likely N-dealkylation sites (tertiary alicyclic amines) is 1. The SMILES string of the molecule is CC1CCCN(C(=O)c2c(F)c(F)c(F)c(F)c2F)C1. The number of rotatable bonds is 1. The number of carbonyl (C=O) groups is 1. The molecule has 0 radical (unpaired) electrons. The Bertz CT molecular complexity index is 531. The minimum absolute atomic E-state index is 0.119. The molecule has 0 bridgehead atoms. The van der Waals surface area contributed by atoms with Gasteiger partial charge < -0.3 is 4.90 Å². The van der Waals surface area contributed by atoms with Crippen LogP contribution in [0.2, 0.25) is 0 Å². The normalized spacial score (nSPS) is 19.3. The summed E-state index contributed by atoms with van der Waals surface area (Å²) < 4.78 is 66.1. The molecule has 1 aliphatic heterocycles. The van der Waals surface area contributed by atoms with Gasteiger partial charge in [0.1, 0.15) is 5.56 Å². The number of carbonyl (C=O) groups excluding carboxylic acids is 1. The standard InChI is InChI=1S/C13H12F5NO/c1-6-3-2-4-19(5-6)13(20)7-8(14)10(16)12(18)11(17)9(7)15/h6H,2-5H2,1H3. The molecular weight excluding hydrogens is 281 g/mol. The van der Waals surface area contributed by atoms with Crippen LogP contribution >= 0.6 is 0 Å². The van der Waals surface area contributed by atoms with Crippen LogP contribution in [0, 0.1) is 35.0 Å². The van der Waals surface area contributed by atoms with Gasteiger partial charge in [-0.3, -0.25) is 4.79 Å². The van der Waals surface area contributed by atoms with Gasteiger partial charge in [0.2, 0.25) is 5.82 Å². The molecule has 0 N–H and O–H groups in total. The lowest BCUT2D eigenvalue weighted by Gasteiger charge is -2.31. The topological polar surface area (TPSA) is 20.3 Å². The fourth-order valence-electron chi connectivity index (χ4n) is 2.32. The second kappa shape index (κ2) is 5.38. The van der Waals surface area contributed by atoms with Crippen molar-refractivity contribution in [1.82, 2.24) is 4.90 Å². The molecule has 1 aromatic rings. The van der Waals surface area contributed by atoms with Crippen molar-refractivity contribution in [3.05, 3.63) is 34.6 Å². The summed E-state index contributed by atoms with van der Waals surface area (Å²) in [6, 6.07) is 0. The summed E-state index contributed by atoms with van der Waals surface area (Å²) in [6.45, 7) is 2.32. The molecule has 1 aromatic carbocycles. The average Bonchev–Trinajstić information content (AvgIpc) is 2.43. The van der Waals surface area contributed by atoms with E-state index in [1.807, 2.05) is 6.92 Å². The first-order chi connectivity index (χ1) is 9.34. The van der Waals surface area contributed by atoms with Crippen molar-refractivity contribution in [1.29, 1.82) is 0 Å². The number of halogens is 5. The maximum atomic E-state index is 13.5. The number of hydrogen-bond acceptors (Lipinski definition) is 1. The van der Waals surface area contributed by atoms with E-state index in [0.717, 1.165) is 11.3 Å². The molecule has 0 aromatic heterocycles. The Morgan fingerprint density at radius 2 is 1.50 bits per heavy atom. The number of nitrogens with zero attached hydrogens (tertiary/aromatic N) is 1. The molecule has 2 rings (SSSR count). The highest BCUT2D eigenvalue weighted by Crippen LogP contribution is 2.26. The van der Waals surface area contributed by atoms with Crippen LogP contribution in [-0.2, 0) is 0 Å². The van der Waals surface area contributed by atoms with E-state index in [1.54, 1.807) is 0 Å². The molecule has 7 heteroatoms. The molecule has 110 valence electrons. The van der Waals surface area contributed by atoms with Crippen molar-refractivity contribution in [2.24, 2.45) is 5.92 Å². The summed E-state index contributed by atoms with van der Waals surface area (Å²) >= 11 is 0. The minimum Gasteiger partial charge on any atom is -0.338 e. The Kier molecular flexibility index (Phi) is 3.96. The summed E-state index contributed by atoms with van der Waals surface area (Å²) in [7, 11) is 0. The zero-order valence-electron chi connectivity index (χ0n) is 10.7. The third-order valence-electron chi connectivity index (χ3n) is 3.37. The fourth-order valence-corrected chi connectivity index (χ4v) is 2.32. The van der Waals surface area contributed by atoms with Crippen molar-refractivity contribution in [2.45, 2.75) is 19.8 Å². The van der Waals surface area contributed by atoms with Crippen LogP contribution in [-0.4, -0.2) is 23.9 Å². The van der Waals surface area contributed by atoms with E-state index in [9.17, 15) is 26.7 Å². The van der Waals surface area contributed by atoms with Crippen LogP contribution in [0.5, 0.6) is 0 Å². The monoisotopic (exact) mass is 293 g/mol. The van der Waals surface area contributed by atoms with E-state index < -0.39 is 40.6 Å². The lowest BCUT2D eigenvalue weighted by atomic mass is 9.99. The molecule has 0 saturated carbocycles. The van der Waals surface area contributed by atoms with Crippen LogP contribution in [0.25, 0.3) is 0 Å². The van der Waals surface area contributed by atoms with Crippen molar-refractivity contribution >= 4 is 5.91 Å². The molecule has 1 atom stereocenters. The third-order valence-corrected chi connectivity index (χ3v) is 3.37. The summed E-state index contributed by atoms with van der Waals surface area (Å²) in [6.07, 6.45) is 1.48. The average molecular weight is 293 g/mol. The Morgan fingerprint density at radius 1 is 1.00 bits per heavy atom. The number of amides is 1. The molecule has 1 amide bonds. The van der Waals surface area contributed by atoms with Crippen molar-refractivity contribution < 1.29 is 26.7 Å². The molecule has 1 unspecified atom stereocenters. The van der Waals surface area contributed by atoms with Crippen molar-refractivity contribution in [3.63, 3.8) is 0 Å². The van der Waals surface area contributed by atoms with E-state index in [2.05, 4.69) is 0 Å². The maximum Gasteiger partial charge on any atom is 0.260 e. The van der Waals surface area contributed by atoms with Gasteiger partial charge in [0.25, 0.3) is 5.91 Å². The quantitative estimate of drug-likeness (QED) is 0.442. The summed E-state index contributed by atoms with van der Waals surface area (Å²) in [5.41, 5.74) is -1.38. The molecule has 20 heavy (non-hydrogen) atoms. The molecule has 1 fully saturated rings. The van der Waals surface area contributed by atoms with Crippen LogP contribution in [0.15, 0.2) is 0 Å². The first-order valence-corrected chi connectivity index (χ1v) is 6.15. The van der Waals surface area contributed by atoms with Gasteiger partial charge in [0.15, 0.2) is 23.3 Å². The highest BCUT2D eigenvalue weighted by molar-refractivity contribution is 5.95. The maximum absolute atomic E-state index is 13.5. The van der Waals surface area contributed by atoms with Gasteiger partial charge in [0, 0.05) is 13.1 Å². The fraction of sp³-hybridized carbons (Fsp3) is 0.462. The minimum atomic E-state index is -2.26.